The Morgan fingerprint density at radius 2 is 2.13 bits per heavy atom. The van der Waals surface area contributed by atoms with Gasteiger partial charge in [0.05, 0.1) is 30.5 Å². The Morgan fingerprint density at radius 3 is 2.87 bits per heavy atom. The molecule has 0 spiro atoms. The van der Waals surface area contributed by atoms with Gasteiger partial charge in [-0.1, -0.05) is 11.8 Å². The summed E-state index contributed by atoms with van der Waals surface area (Å²) in [4.78, 5) is 19.2. The molecular weight excluding hydrogens is 316 g/mol. The minimum Gasteiger partial charge on any atom is -0.497 e. The van der Waals surface area contributed by atoms with E-state index in [1.165, 1.54) is 18.9 Å². The van der Waals surface area contributed by atoms with Crippen LogP contribution in [0.4, 0.5) is 0 Å². The molecule has 3 aromatic rings. The molecule has 0 radical (unpaired) electrons. The molecule has 0 fully saturated rings. The van der Waals surface area contributed by atoms with Gasteiger partial charge < -0.3 is 18.9 Å². The molecule has 2 heterocycles. The maximum absolute atomic E-state index is 11.4. The average molecular weight is 332 g/mol. The molecule has 1 aromatic carbocycles. The summed E-state index contributed by atoms with van der Waals surface area (Å²) in [6.07, 6.45) is 0. The van der Waals surface area contributed by atoms with E-state index in [0.29, 0.717) is 5.76 Å². The van der Waals surface area contributed by atoms with Crippen LogP contribution < -0.4 is 4.74 Å². The molecule has 6 nitrogen and oxygen atoms in total. The third-order valence-electron chi connectivity index (χ3n) is 3.37. The van der Waals surface area contributed by atoms with Crippen LogP contribution in [0.5, 0.6) is 5.75 Å². The van der Waals surface area contributed by atoms with Crippen LogP contribution in [-0.2, 0) is 4.74 Å². The number of hydrogen-bond donors (Lipinski definition) is 1. The Balaban J connectivity index is 1.78. The molecule has 1 unspecified atom stereocenters. The monoisotopic (exact) mass is 332 g/mol. The van der Waals surface area contributed by atoms with Gasteiger partial charge in [-0.25, -0.2) is 9.78 Å². The van der Waals surface area contributed by atoms with Gasteiger partial charge in [-0.05, 0) is 31.2 Å². The summed E-state index contributed by atoms with van der Waals surface area (Å²) in [6.45, 7) is 1.98. The second kappa shape index (κ2) is 6.37. The number of aromatic amines is 1. The molecule has 2 aromatic heterocycles. The highest BCUT2D eigenvalue weighted by Crippen LogP contribution is 2.35. The van der Waals surface area contributed by atoms with E-state index in [9.17, 15) is 4.79 Å². The highest BCUT2D eigenvalue weighted by atomic mass is 32.2. The van der Waals surface area contributed by atoms with Crippen LogP contribution in [0, 0.1) is 0 Å². The van der Waals surface area contributed by atoms with Crippen molar-refractivity contribution < 1.29 is 18.7 Å². The van der Waals surface area contributed by atoms with Gasteiger partial charge in [0.2, 0.25) is 5.76 Å². The number of esters is 1. The van der Waals surface area contributed by atoms with E-state index in [0.717, 1.165) is 21.9 Å². The fourth-order valence-corrected chi connectivity index (χ4v) is 3.05. The zero-order chi connectivity index (χ0) is 16.4. The van der Waals surface area contributed by atoms with Crippen LogP contribution in [0.15, 0.2) is 39.9 Å². The summed E-state index contributed by atoms with van der Waals surface area (Å²) in [7, 11) is 2.95. The van der Waals surface area contributed by atoms with E-state index in [2.05, 4.69) is 14.7 Å². The van der Waals surface area contributed by atoms with E-state index < -0.39 is 5.97 Å². The standard InChI is InChI=1S/C16H16N2O4S/c1-9(13-6-7-14(22-13)15(19)21-3)23-16-17-11-5-4-10(20-2)8-12(11)18-16/h4-9H,1-3H3,(H,17,18). The Kier molecular flexibility index (Phi) is 4.29. The van der Waals surface area contributed by atoms with Gasteiger partial charge >= 0.3 is 5.97 Å². The molecule has 7 heteroatoms. The number of carbonyl (C=O) groups is 1. The maximum Gasteiger partial charge on any atom is 0.373 e. The molecule has 3 rings (SSSR count). The zero-order valence-electron chi connectivity index (χ0n) is 13.0. The van der Waals surface area contributed by atoms with Crippen molar-refractivity contribution in [2.75, 3.05) is 14.2 Å². The second-order valence-electron chi connectivity index (χ2n) is 4.88. The fourth-order valence-electron chi connectivity index (χ4n) is 2.16. The lowest BCUT2D eigenvalue weighted by Crippen LogP contribution is -1.98. The van der Waals surface area contributed by atoms with E-state index in [4.69, 9.17) is 9.15 Å². The van der Waals surface area contributed by atoms with Gasteiger partial charge in [0.25, 0.3) is 0 Å². The Labute approximate surface area is 137 Å². The lowest BCUT2D eigenvalue weighted by molar-refractivity contribution is 0.0563. The topological polar surface area (TPSA) is 77.4 Å². The first-order valence-corrected chi connectivity index (χ1v) is 7.87. The number of hydrogen-bond acceptors (Lipinski definition) is 6. The third kappa shape index (κ3) is 3.19. The smallest absolute Gasteiger partial charge is 0.373 e. The van der Waals surface area contributed by atoms with Crippen LogP contribution >= 0.6 is 11.8 Å². The molecule has 0 saturated heterocycles. The predicted octanol–water partition coefficient (Wildman–Crippen LogP) is 3.80. The second-order valence-corrected chi connectivity index (χ2v) is 6.21. The molecule has 120 valence electrons. The SMILES string of the molecule is COC(=O)c1ccc(C(C)Sc2nc3ccc(OC)cc3[nH]2)o1. The molecule has 1 N–H and O–H groups in total. The average Bonchev–Trinajstić information content (AvgIpc) is 3.19. The number of aromatic nitrogens is 2. The summed E-state index contributed by atoms with van der Waals surface area (Å²) >= 11 is 1.52. The van der Waals surface area contributed by atoms with E-state index in [1.807, 2.05) is 25.1 Å². The molecule has 1 atom stereocenters. The Hall–Kier alpha value is -2.41. The lowest BCUT2D eigenvalue weighted by Gasteiger charge is -2.05. The fraction of sp³-hybridized carbons (Fsp3) is 0.250. The number of imidazole rings is 1. The van der Waals surface area contributed by atoms with Crippen LogP contribution in [-0.4, -0.2) is 30.2 Å². The number of furan rings is 1. The number of nitrogens with one attached hydrogen (secondary N) is 1. The Morgan fingerprint density at radius 1 is 1.30 bits per heavy atom. The largest absolute Gasteiger partial charge is 0.497 e. The van der Waals surface area contributed by atoms with Gasteiger partial charge in [-0.3, -0.25) is 0 Å². The van der Waals surface area contributed by atoms with E-state index >= 15 is 0 Å². The number of rotatable bonds is 5. The number of nitrogens with zero attached hydrogens (tertiary/aromatic N) is 1. The van der Waals surface area contributed by atoms with Gasteiger partial charge in [0, 0.05) is 6.07 Å². The van der Waals surface area contributed by atoms with E-state index in [-0.39, 0.29) is 11.0 Å². The molecule has 23 heavy (non-hydrogen) atoms. The first kappa shape index (κ1) is 15.5. The summed E-state index contributed by atoms with van der Waals surface area (Å²) in [6, 6.07) is 9.06. The van der Waals surface area contributed by atoms with Crippen molar-refractivity contribution in [1.29, 1.82) is 0 Å². The summed E-state index contributed by atoms with van der Waals surface area (Å²) in [5.74, 6) is 1.18. The van der Waals surface area contributed by atoms with Gasteiger partial charge in [0.1, 0.15) is 11.5 Å². The molecule has 0 aliphatic heterocycles. The third-order valence-corrected chi connectivity index (χ3v) is 4.37. The minimum atomic E-state index is -0.482. The summed E-state index contributed by atoms with van der Waals surface area (Å²) in [5, 5.41) is 0.771. The van der Waals surface area contributed by atoms with Gasteiger partial charge in [-0.2, -0.15) is 0 Å². The van der Waals surface area contributed by atoms with E-state index in [1.54, 1.807) is 19.2 Å². The number of carbonyl (C=O) groups excluding carboxylic acids is 1. The maximum atomic E-state index is 11.4. The number of H-pyrrole nitrogens is 1. The zero-order valence-corrected chi connectivity index (χ0v) is 13.8. The molecule has 0 amide bonds. The van der Waals surface area contributed by atoms with Crippen LogP contribution in [0.2, 0.25) is 0 Å². The summed E-state index contributed by atoms with van der Waals surface area (Å²) in [5.41, 5.74) is 1.78. The van der Waals surface area contributed by atoms with Crippen LogP contribution in [0.25, 0.3) is 11.0 Å². The number of benzene rings is 1. The van der Waals surface area contributed by atoms with Crippen molar-refractivity contribution in [3.8, 4) is 5.75 Å². The lowest BCUT2D eigenvalue weighted by atomic mass is 10.3. The highest BCUT2D eigenvalue weighted by molar-refractivity contribution is 7.99. The first-order chi connectivity index (χ1) is 11.1. The Bertz CT molecular complexity index is 840. The quantitative estimate of drug-likeness (QED) is 0.565. The minimum absolute atomic E-state index is 0.00383. The van der Waals surface area contributed by atoms with Crippen LogP contribution in [0.3, 0.4) is 0 Å². The van der Waals surface area contributed by atoms with Crippen molar-refractivity contribution in [1.82, 2.24) is 9.97 Å². The molecular formula is C16H16N2O4S. The van der Waals surface area contributed by atoms with Gasteiger partial charge in [-0.15, -0.1) is 0 Å². The number of thioether (sulfide) groups is 1. The van der Waals surface area contributed by atoms with Crippen molar-refractivity contribution in [3.63, 3.8) is 0 Å². The molecule has 0 aliphatic rings. The first-order valence-electron chi connectivity index (χ1n) is 6.99. The van der Waals surface area contributed by atoms with Gasteiger partial charge in [0.15, 0.2) is 5.16 Å². The predicted molar refractivity (Wildman–Crippen MR) is 87.0 cm³/mol. The molecule has 0 bridgehead atoms. The van der Waals surface area contributed by atoms with Crippen molar-refractivity contribution >= 4 is 28.8 Å². The summed E-state index contributed by atoms with van der Waals surface area (Å²) < 4.78 is 15.4. The van der Waals surface area contributed by atoms with Crippen molar-refractivity contribution in [3.05, 3.63) is 41.9 Å². The molecule has 0 saturated carbocycles. The van der Waals surface area contributed by atoms with Crippen molar-refractivity contribution in [2.45, 2.75) is 17.3 Å². The number of fused-ring (bicyclic) bond motifs is 1. The normalized spacial score (nSPS) is 12.3. The highest BCUT2D eigenvalue weighted by Gasteiger charge is 2.17. The molecule has 0 aliphatic carbocycles. The van der Waals surface area contributed by atoms with Crippen LogP contribution in [0.1, 0.15) is 28.5 Å². The van der Waals surface area contributed by atoms with Crippen molar-refractivity contribution in [2.24, 2.45) is 0 Å². The number of ether oxygens (including phenoxy) is 2. The number of methoxy groups -OCH3 is 2.